The van der Waals surface area contributed by atoms with Crippen LogP contribution in [0.3, 0.4) is 0 Å². The number of hydrogen-bond donors (Lipinski definition) is 2. The molecule has 0 bridgehead atoms. The Morgan fingerprint density at radius 1 is 1.10 bits per heavy atom. The average Bonchev–Trinajstić information content (AvgIpc) is 2.41. The highest BCUT2D eigenvalue weighted by Gasteiger charge is 2.07. The summed E-state index contributed by atoms with van der Waals surface area (Å²) in [5.74, 6) is 0.550. The third kappa shape index (κ3) is 2.25. The molecule has 0 saturated heterocycles. The van der Waals surface area contributed by atoms with Crippen LogP contribution in [0.1, 0.15) is 5.56 Å². The van der Waals surface area contributed by atoms with Crippen LogP contribution in [0.15, 0.2) is 42.5 Å². The fourth-order valence-electron chi connectivity index (χ4n) is 2.08. The lowest BCUT2D eigenvalue weighted by atomic mass is 10.2. The number of nitrogens with zero attached hydrogens (tertiary/aromatic N) is 2. The third-order valence-electron chi connectivity index (χ3n) is 3.06. The molecule has 0 aliphatic carbocycles. The van der Waals surface area contributed by atoms with Gasteiger partial charge < -0.3 is 11.1 Å². The van der Waals surface area contributed by atoms with E-state index in [4.69, 9.17) is 5.73 Å². The lowest BCUT2D eigenvalue weighted by Gasteiger charge is -2.11. The van der Waals surface area contributed by atoms with E-state index in [-0.39, 0.29) is 11.8 Å². The Morgan fingerprint density at radius 2 is 1.90 bits per heavy atom. The number of fused-ring (bicyclic) bond motifs is 1. The molecule has 3 N–H and O–H groups in total. The minimum atomic E-state index is -0.264. The van der Waals surface area contributed by atoms with E-state index in [9.17, 15) is 4.39 Å². The van der Waals surface area contributed by atoms with Crippen LogP contribution in [-0.2, 0) is 0 Å². The predicted molar refractivity (Wildman–Crippen MR) is 78.4 cm³/mol. The van der Waals surface area contributed by atoms with Crippen LogP contribution >= 0.6 is 0 Å². The Hall–Kier alpha value is -2.69. The van der Waals surface area contributed by atoms with Crippen LogP contribution in [0.5, 0.6) is 0 Å². The highest BCUT2D eigenvalue weighted by molar-refractivity contribution is 5.91. The van der Waals surface area contributed by atoms with Gasteiger partial charge in [0.25, 0.3) is 0 Å². The van der Waals surface area contributed by atoms with Crippen molar-refractivity contribution < 1.29 is 4.39 Å². The molecule has 1 heterocycles. The zero-order valence-electron chi connectivity index (χ0n) is 10.9. The van der Waals surface area contributed by atoms with E-state index in [0.717, 1.165) is 22.2 Å². The Morgan fingerprint density at radius 3 is 2.70 bits per heavy atom. The minimum absolute atomic E-state index is 0.200. The van der Waals surface area contributed by atoms with Gasteiger partial charge in [-0.1, -0.05) is 12.1 Å². The highest BCUT2D eigenvalue weighted by atomic mass is 19.1. The van der Waals surface area contributed by atoms with E-state index in [1.54, 1.807) is 6.07 Å². The lowest BCUT2D eigenvalue weighted by molar-refractivity contribution is 0.627. The lowest BCUT2D eigenvalue weighted by Crippen LogP contribution is -2.02. The molecule has 100 valence electrons. The van der Waals surface area contributed by atoms with E-state index < -0.39 is 0 Å². The summed E-state index contributed by atoms with van der Waals surface area (Å²) in [7, 11) is 0. The van der Waals surface area contributed by atoms with Gasteiger partial charge in [-0.3, -0.25) is 0 Å². The van der Waals surface area contributed by atoms with Gasteiger partial charge in [-0.25, -0.2) is 9.37 Å². The van der Waals surface area contributed by atoms with Crippen molar-refractivity contribution in [1.82, 2.24) is 9.97 Å². The fraction of sp³-hybridized carbons (Fsp3) is 0.0667. The number of nitrogens with two attached hydrogens (primary N) is 1. The monoisotopic (exact) mass is 268 g/mol. The van der Waals surface area contributed by atoms with Gasteiger partial charge in [-0.15, -0.1) is 0 Å². The number of benzene rings is 2. The van der Waals surface area contributed by atoms with E-state index in [2.05, 4.69) is 15.3 Å². The molecule has 3 rings (SSSR count). The molecule has 3 aromatic rings. The molecule has 2 aromatic carbocycles. The number of aromatic nitrogens is 2. The summed E-state index contributed by atoms with van der Waals surface area (Å²) in [6.07, 6.45) is 0. The largest absolute Gasteiger partial charge is 0.368 e. The second-order valence-electron chi connectivity index (χ2n) is 4.53. The zero-order valence-corrected chi connectivity index (χ0v) is 10.9. The smallest absolute Gasteiger partial charge is 0.222 e. The molecule has 4 nitrogen and oxygen atoms in total. The molecular weight excluding hydrogens is 255 g/mol. The normalized spacial score (nSPS) is 10.7. The van der Waals surface area contributed by atoms with E-state index >= 15 is 0 Å². The van der Waals surface area contributed by atoms with E-state index in [1.807, 2.05) is 31.2 Å². The zero-order chi connectivity index (χ0) is 14.1. The minimum Gasteiger partial charge on any atom is -0.368 e. The van der Waals surface area contributed by atoms with Gasteiger partial charge >= 0.3 is 0 Å². The van der Waals surface area contributed by atoms with Crippen molar-refractivity contribution in [3.05, 3.63) is 53.8 Å². The molecule has 0 radical (unpaired) electrons. The van der Waals surface area contributed by atoms with E-state index in [0.29, 0.717) is 5.82 Å². The van der Waals surface area contributed by atoms with Crippen molar-refractivity contribution >= 4 is 28.4 Å². The summed E-state index contributed by atoms with van der Waals surface area (Å²) in [4.78, 5) is 8.40. The number of anilines is 3. The molecule has 0 aliphatic heterocycles. The number of nitrogen functional groups attached to an aromatic ring is 1. The van der Waals surface area contributed by atoms with Crippen molar-refractivity contribution in [2.24, 2.45) is 0 Å². The fourth-order valence-corrected chi connectivity index (χ4v) is 2.08. The number of halogens is 1. The molecule has 0 saturated carbocycles. The molecule has 20 heavy (non-hydrogen) atoms. The van der Waals surface area contributed by atoms with Crippen molar-refractivity contribution in [3.8, 4) is 0 Å². The molecular formula is C15H13FN4. The van der Waals surface area contributed by atoms with Crippen molar-refractivity contribution in [1.29, 1.82) is 0 Å². The summed E-state index contributed by atoms with van der Waals surface area (Å²) >= 11 is 0. The maximum Gasteiger partial charge on any atom is 0.222 e. The summed E-state index contributed by atoms with van der Waals surface area (Å²) in [6, 6.07) is 12.1. The van der Waals surface area contributed by atoms with Gasteiger partial charge in [0, 0.05) is 11.1 Å². The van der Waals surface area contributed by atoms with Gasteiger partial charge in [0.15, 0.2) is 0 Å². The second-order valence-corrected chi connectivity index (χ2v) is 4.53. The summed E-state index contributed by atoms with van der Waals surface area (Å²) < 4.78 is 13.1. The van der Waals surface area contributed by atoms with Crippen LogP contribution in [0.25, 0.3) is 10.9 Å². The van der Waals surface area contributed by atoms with Crippen LogP contribution in [0.4, 0.5) is 21.8 Å². The summed E-state index contributed by atoms with van der Waals surface area (Å²) in [5.41, 5.74) is 8.07. The van der Waals surface area contributed by atoms with Crippen molar-refractivity contribution in [2.75, 3.05) is 11.1 Å². The van der Waals surface area contributed by atoms with Gasteiger partial charge in [0.2, 0.25) is 5.95 Å². The van der Waals surface area contributed by atoms with Crippen LogP contribution in [-0.4, -0.2) is 9.97 Å². The predicted octanol–water partition coefficient (Wildman–Crippen LogP) is 3.40. The highest BCUT2D eigenvalue weighted by Crippen LogP contribution is 2.26. The molecule has 0 fully saturated rings. The quantitative estimate of drug-likeness (QED) is 0.747. The Balaban J connectivity index is 2.10. The Bertz CT molecular complexity index is 786. The number of nitrogens with one attached hydrogen (secondary N) is 1. The van der Waals surface area contributed by atoms with Crippen LogP contribution < -0.4 is 11.1 Å². The topological polar surface area (TPSA) is 63.8 Å². The Kier molecular flexibility index (Phi) is 2.95. The van der Waals surface area contributed by atoms with E-state index in [1.165, 1.54) is 12.1 Å². The van der Waals surface area contributed by atoms with Crippen LogP contribution in [0, 0.1) is 12.7 Å². The molecule has 0 spiro atoms. The number of hydrogen-bond acceptors (Lipinski definition) is 4. The average molecular weight is 268 g/mol. The molecule has 5 heteroatoms. The first-order chi connectivity index (χ1) is 9.63. The van der Waals surface area contributed by atoms with Gasteiger partial charge in [0.05, 0.1) is 5.52 Å². The maximum absolute atomic E-state index is 13.1. The first kappa shape index (κ1) is 12.3. The SMILES string of the molecule is Cc1cc(F)ccc1Nc1nc(N)nc2ccccc12. The molecule has 0 unspecified atom stereocenters. The summed E-state index contributed by atoms with van der Waals surface area (Å²) in [6.45, 7) is 1.83. The second kappa shape index (κ2) is 4.77. The van der Waals surface area contributed by atoms with Gasteiger partial charge in [-0.05, 0) is 42.8 Å². The molecule has 0 atom stereocenters. The maximum atomic E-state index is 13.1. The van der Waals surface area contributed by atoms with Crippen LogP contribution in [0.2, 0.25) is 0 Å². The van der Waals surface area contributed by atoms with Gasteiger partial charge in [0.1, 0.15) is 11.6 Å². The first-order valence-electron chi connectivity index (χ1n) is 6.19. The number of para-hydroxylation sites is 1. The number of rotatable bonds is 2. The first-order valence-corrected chi connectivity index (χ1v) is 6.19. The molecule has 0 amide bonds. The third-order valence-corrected chi connectivity index (χ3v) is 3.06. The van der Waals surface area contributed by atoms with Gasteiger partial charge in [-0.2, -0.15) is 4.98 Å². The number of aryl methyl sites for hydroxylation is 1. The Labute approximate surface area is 115 Å². The molecule has 0 aliphatic rings. The van der Waals surface area contributed by atoms with Crippen molar-refractivity contribution in [3.63, 3.8) is 0 Å². The standard InChI is InChI=1S/C15H13FN4/c1-9-8-10(16)6-7-12(9)18-14-11-4-2-3-5-13(11)19-15(17)20-14/h2-8H,1H3,(H3,17,18,19,20). The van der Waals surface area contributed by atoms with Crippen molar-refractivity contribution in [2.45, 2.75) is 6.92 Å². The summed E-state index contributed by atoms with van der Waals surface area (Å²) in [5, 5.41) is 4.05. The molecule has 1 aromatic heterocycles.